The van der Waals surface area contributed by atoms with Crippen LogP contribution in [0.2, 0.25) is 0 Å². The van der Waals surface area contributed by atoms with Crippen LogP contribution in [0.25, 0.3) is 0 Å². The van der Waals surface area contributed by atoms with Gasteiger partial charge in [0.15, 0.2) is 0 Å². The molecule has 0 saturated heterocycles. The van der Waals surface area contributed by atoms with Crippen LogP contribution in [0.15, 0.2) is 36.4 Å². The second kappa shape index (κ2) is 6.37. The molecule has 0 bridgehead atoms. The summed E-state index contributed by atoms with van der Waals surface area (Å²) in [6.45, 7) is 4.50. The summed E-state index contributed by atoms with van der Waals surface area (Å²) in [5.41, 5.74) is 2.21. The Morgan fingerprint density at radius 2 is 1.90 bits per heavy atom. The molecule has 0 aliphatic heterocycles. The quantitative estimate of drug-likeness (QED) is 0.880. The molecule has 0 unspecified atom stereocenters. The van der Waals surface area contributed by atoms with Crippen molar-refractivity contribution in [3.05, 3.63) is 59.2 Å². The smallest absolute Gasteiger partial charge is 0.145 e. The van der Waals surface area contributed by atoms with Gasteiger partial charge in [-0.05, 0) is 32.0 Å². The number of hydrogen-bond donors (Lipinski definition) is 1. The van der Waals surface area contributed by atoms with E-state index < -0.39 is 0 Å². The first-order valence-corrected chi connectivity index (χ1v) is 6.51. The van der Waals surface area contributed by atoms with Gasteiger partial charge in [0.1, 0.15) is 17.4 Å². The van der Waals surface area contributed by atoms with Crippen molar-refractivity contribution >= 4 is 5.69 Å². The third kappa shape index (κ3) is 3.47. The van der Waals surface area contributed by atoms with Gasteiger partial charge in [-0.15, -0.1) is 0 Å². The highest BCUT2D eigenvalue weighted by Crippen LogP contribution is 2.26. The van der Waals surface area contributed by atoms with E-state index in [-0.39, 0.29) is 11.6 Å². The van der Waals surface area contributed by atoms with E-state index in [9.17, 15) is 8.78 Å². The van der Waals surface area contributed by atoms with Gasteiger partial charge in [-0.1, -0.05) is 17.7 Å². The summed E-state index contributed by atoms with van der Waals surface area (Å²) in [4.78, 5) is 0. The lowest BCUT2D eigenvalue weighted by Crippen LogP contribution is -2.05. The molecule has 0 amide bonds. The average molecular weight is 277 g/mol. The van der Waals surface area contributed by atoms with Gasteiger partial charge in [-0.3, -0.25) is 0 Å². The largest absolute Gasteiger partial charge is 0.492 e. The van der Waals surface area contributed by atoms with E-state index in [1.165, 1.54) is 18.2 Å². The average Bonchev–Trinajstić information content (AvgIpc) is 2.42. The molecule has 2 aromatic carbocycles. The summed E-state index contributed by atoms with van der Waals surface area (Å²) in [6.07, 6.45) is 0. The van der Waals surface area contributed by atoms with Crippen molar-refractivity contribution in [3.63, 3.8) is 0 Å². The molecule has 0 aliphatic rings. The Bertz CT molecular complexity index is 599. The molecule has 2 nitrogen and oxygen atoms in total. The van der Waals surface area contributed by atoms with Crippen molar-refractivity contribution in [1.29, 1.82) is 0 Å². The fourth-order valence-electron chi connectivity index (χ4n) is 1.95. The van der Waals surface area contributed by atoms with Gasteiger partial charge < -0.3 is 10.1 Å². The van der Waals surface area contributed by atoms with Crippen molar-refractivity contribution in [3.8, 4) is 5.75 Å². The molecular formula is C16H17F2NO. The maximum absolute atomic E-state index is 13.7. The molecule has 0 radical (unpaired) electrons. The maximum Gasteiger partial charge on any atom is 0.145 e. The van der Waals surface area contributed by atoms with Crippen LogP contribution in [-0.2, 0) is 6.54 Å². The molecule has 106 valence electrons. The highest BCUT2D eigenvalue weighted by molar-refractivity contribution is 5.56. The van der Waals surface area contributed by atoms with Gasteiger partial charge in [0.25, 0.3) is 0 Å². The van der Waals surface area contributed by atoms with Crippen molar-refractivity contribution < 1.29 is 13.5 Å². The molecular weight excluding hydrogens is 260 g/mol. The zero-order valence-corrected chi connectivity index (χ0v) is 11.5. The molecule has 0 fully saturated rings. The minimum atomic E-state index is -0.360. The molecule has 20 heavy (non-hydrogen) atoms. The number of halogens is 2. The molecule has 0 atom stereocenters. The number of hydrogen-bond acceptors (Lipinski definition) is 2. The lowest BCUT2D eigenvalue weighted by atomic mass is 10.1. The van der Waals surface area contributed by atoms with Crippen molar-refractivity contribution in [2.24, 2.45) is 0 Å². The van der Waals surface area contributed by atoms with E-state index in [1.54, 1.807) is 18.2 Å². The van der Waals surface area contributed by atoms with E-state index in [0.717, 1.165) is 5.56 Å². The molecule has 0 heterocycles. The van der Waals surface area contributed by atoms with Crippen LogP contribution >= 0.6 is 0 Å². The Labute approximate surface area is 117 Å². The first-order chi connectivity index (χ1) is 9.60. The monoisotopic (exact) mass is 277 g/mol. The first-order valence-electron chi connectivity index (χ1n) is 6.51. The molecule has 4 heteroatoms. The van der Waals surface area contributed by atoms with Gasteiger partial charge >= 0.3 is 0 Å². The third-order valence-electron chi connectivity index (χ3n) is 2.91. The van der Waals surface area contributed by atoms with Crippen molar-refractivity contribution in [2.45, 2.75) is 20.4 Å². The molecule has 0 saturated carbocycles. The van der Waals surface area contributed by atoms with Gasteiger partial charge in [0.05, 0.1) is 12.3 Å². The zero-order chi connectivity index (χ0) is 14.5. The normalized spacial score (nSPS) is 10.4. The number of ether oxygens (including phenoxy) is 1. The fraction of sp³-hybridized carbons (Fsp3) is 0.250. The van der Waals surface area contributed by atoms with Crippen LogP contribution < -0.4 is 10.1 Å². The summed E-state index contributed by atoms with van der Waals surface area (Å²) in [6, 6.07) is 9.21. The van der Waals surface area contributed by atoms with Crippen LogP contribution in [0.4, 0.5) is 14.5 Å². The van der Waals surface area contributed by atoms with Crippen molar-refractivity contribution in [1.82, 2.24) is 0 Å². The Morgan fingerprint density at radius 1 is 1.10 bits per heavy atom. The lowest BCUT2D eigenvalue weighted by Gasteiger charge is -2.13. The fourth-order valence-corrected chi connectivity index (χ4v) is 1.95. The Morgan fingerprint density at radius 3 is 2.65 bits per heavy atom. The van der Waals surface area contributed by atoms with Gasteiger partial charge in [0, 0.05) is 18.2 Å². The summed E-state index contributed by atoms with van der Waals surface area (Å²) < 4.78 is 32.2. The number of nitrogens with one attached hydrogen (secondary N) is 1. The second-order valence-corrected chi connectivity index (χ2v) is 4.52. The highest BCUT2D eigenvalue weighted by atomic mass is 19.1. The number of anilines is 1. The topological polar surface area (TPSA) is 21.3 Å². The molecule has 0 spiro atoms. The summed E-state index contributed by atoms with van der Waals surface area (Å²) in [5.74, 6) is -0.190. The maximum atomic E-state index is 13.7. The zero-order valence-electron chi connectivity index (χ0n) is 11.5. The number of benzene rings is 2. The summed E-state index contributed by atoms with van der Waals surface area (Å²) in [5, 5.41) is 3.08. The molecule has 2 rings (SSSR count). The number of rotatable bonds is 5. The highest BCUT2D eigenvalue weighted by Gasteiger charge is 2.07. The molecule has 1 N–H and O–H groups in total. The van der Waals surface area contributed by atoms with Crippen LogP contribution in [0.5, 0.6) is 5.75 Å². The molecule has 0 aliphatic carbocycles. The second-order valence-electron chi connectivity index (χ2n) is 4.52. The van der Waals surface area contributed by atoms with E-state index in [1.807, 2.05) is 13.8 Å². The van der Waals surface area contributed by atoms with Gasteiger partial charge in [0.2, 0.25) is 0 Å². The number of aryl methyl sites for hydroxylation is 1. The summed E-state index contributed by atoms with van der Waals surface area (Å²) in [7, 11) is 0. The van der Waals surface area contributed by atoms with Crippen LogP contribution in [0, 0.1) is 18.6 Å². The van der Waals surface area contributed by atoms with E-state index >= 15 is 0 Å². The first kappa shape index (κ1) is 14.3. The van der Waals surface area contributed by atoms with E-state index in [0.29, 0.717) is 30.2 Å². The van der Waals surface area contributed by atoms with Crippen LogP contribution in [0.1, 0.15) is 18.1 Å². The predicted molar refractivity (Wildman–Crippen MR) is 76.0 cm³/mol. The SMILES string of the molecule is CCOc1cc(F)ccc1NCc1cc(C)ccc1F. The molecule has 2 aromatic rings. The van der Waals surface area contributed by atoms with Gasteiger partial charge in [-0.25, -0.2) is 8.78 Å². The lowest BCUT2D eigenvalue weighted by molar-refractivity contribution is 0.339. The summed E-state index contributed by atoms with van der Waals surface area (Å²) >= 11 is 0. The van der Waals surface area contributed by atoms with E-state index in [2.05, 4.69) is 5.32 Å². The predicted octanol–water partition coefficient (Wildman–Crippen LogP) is 4.28. The van der Waals surface area contributed by atoms with Crippen LogP contribution in [0.3, 0.4) is 0 Å². The standard InChI is InChI=1S/C16H17F2NO/c1-3-20-16-9-13(17)5-7-15(16)19-10-12-8-11(2)4-6-14(12)18/h4-9,19H,3,10H2,1-2H3. The van der Waals surface area contributed by atoms with E-state index in [4.69, 9.17) is 4.74 Å². The van der Waals surface area contributed by atoms with Crippen LogP contribution in [-0.4, -0.2) is 6.61 Å². The third-order valence-corrected chi connectivity index (χ3v) is 2.91. The Kier molecular flexibility index (Phi) is 4.56. The Balaban J connectivity index is 2.16. The van der Waals surface area contributed by atoms with Crippen molar-refractivity contribution in [2.75, 3.05) is 11.9 Å². The minimum Gasteiger partial charge on any atom is -0.492 e. The molecule has 0 aromatic heterocycles. The minimum absolute atomic E-state index is 0.261. The van der Waals surface area contributed by atoms with Gasteiger partial charge in [-0.2, -0.15) is 0 Å². The Hall–Kier alpha value is -2.10.